The fraction of sp³-hybridized carbons (Fsp3) is 0.286. The van der Waals surface area contributed by atoms with Crippen LogP contribution in [-0.2, 0) is 9.59 Å². The molecule has 0 spiro atoms. The van der Waals surface area contributed by atoms with Gasteiger partial charge in [-0.3, -0.25) is 14.4 Å². The van der Waals surface area contributed by atoms with Gasteiger partial charge in [0, 0.05) is 18.5 Å². The van der Waals surface area contributed by atoms with Gasteiger partial charge in [-0.15, -0.1) is 0 Å². The maximum atomic E-state index is 12.1. The number of nitrogens with one attached hydrogen (secondary N) is 3. The Morgan fingerprint density at radius 1 is 0.964 bits per heavy atom. The highest BCUT2D eigenvalue weighted by atomic mass is 16.5. The zero-order valence-corrected chi connectivity index (χ0v) is 16.3. The van der Waals surface area contributed by atoms with E-state index in [1.807, 2.05) is 32.0 Å². The first-order valence-corrected chi connectivity index (χ1v) is 8.95. The number of carbonyl (C=O) groups is 3. The molecule has 0 aliphatic carbocycles. The molecule has 2 rings (SSSR count). The molecule has 7 heteroatoms. The molecule has 0 saturated carbocycles. The monoisotopic (exact) mass is 383 g/mol. The summed E-state index contributed by atoms with van der Waals surface area (Å²) in [6, 6.07) is 12.7. The summed E-state index contributed by atoms with van der Waals surface area (Å²) in [5.41, 5.74) is 2.97. The lowest BCUT2D eigenvalue weighted by Gasteiger charge is -2.12. The van der Waals surface area contributed by atoms with E-state index in [0.717, 1.165) is 11.1 Å². The van der Waals surface area contributed by atoms with E-state index >= 15 is 0 Å². The second-order valence-electron chi connectivity index (χ2n) is 6.35. The zero-order chi connectivity index (χ0) is 20.5. The van der Waals surface area contributed by atoms with Crippen molar-refractivity contribution in [3.05, 3.63) is 59.2 Å². The average molecular weight is 383 g/mol. The molecule has 0 aliphatic rings. The number of amides is 3. The quantitative estimate of drug-likeness (QED) is 0.651. The fourth-order valence-corrected chi connectivity index (χ4v) is 2.59. The highest BCUT2D eigenvalue weighted by Crippen LogP contribution is 2.24. The maximum absolute atomic E-state index is 12.1. The molecule has 0 aromatic heterocycles. The first kappa shape index (κ1) is 21.0. The van der Waals surface area contributed by atoms with Crippen molar-refractivity contribution in [2.24, 2.45) is 0 Å². The summed E-state index contributed by atoms with van der Waals surface area (Å²) in [6.45, 7) is 3.78. The van der Waals surface area contributed by atoms with E-state index in [1.54, 1.807) is 24.3 Å². The summed E-state index contributed by atoms with van der Waals surface area (Å²) in [5, 5.41) is 7.95. The first-order chi connectivity index (χ1) is 13.4. The first-order valence-electron chi connectivity index (χ1n) is 8.95. The molecule has 0 fully saturated rings. The predicted molar refractivity (Wildman–Crippen MR) is 107 cm³/mol. The van der Waals surface area contributed by atoms with Crippen LogP contribution in [0.5, 0.6) is 5.75 Å². The topological polar surface area (TPSA) is 96.5 Å². The van der Waals surface area contributed by atoms with Crippen LogP contribution in [0.25, 0.3) is 0 Å². The van der Waals surface area contributed by atoms with Gasteiger partial charge < -0.3 is 20.7 Å². The number of anilines is 1. The second kappa shape index (κ2) is 10.1. The van der Waals surface area contributed by atoms with Crippen molar-refractivity contribution < 1.29 is 19.1 Å². The molecule has 0 aliphatic heterocycles. The number of hydrogen-bond acceptors (Lipinski definition) is 4. The summed E-state index contributed by atoms with van der Waals surface area (Å²) in [6.07, 6.45) is 0.0820. The molecule has 0 saturated heterocycles. The Balaban J connectivity index is 1.74. The summed E-state index contributed by atoms with van der Waals surface area (Å²) in [5.74, 6) is -0.364. The molecule has 3 N–H and O–H groups in total. The van der Waals surface area contributed by atoms with E-state index in [9.17, 15) is 14.4 Å². The van der Waals surface area contributed by atoms with Crippen LogP contribution in [0.3, 0.4) is 0 Å². The largest absolute Gasteiger partial charge is 0.495 e. The minimum Gasteiger partial charge on any atom is -0.495 e. The van der Waals surface area contributed by atoms with E-state index in [-0.39, 0.29) is 37.2 Å². The van der Waals surface area contributed by atoms with Crippen molar-refractivity contribution in [2.75, 3.05) is 25.5 Å². The van der Waals surface area contributed by atoms with Gasteiger partial charge in [0.25, 0.3) is 5.91 Å². The number of aryl methyl sites for hydroxylation is 2. The smallest absolute Gasteiger partial charge is 0.251 e. The van der Waals surface area contributed by atoms with Gasteiger partial charge in [-0.1, -0.05) is 24.3 Å². The zero-order valence-electron chi connectivity index (χ0n) is 16.3. The van der Waals surface area contributed by atoms with Crippen molar-refractivity contribution in [1.82, 2.24) is 10.6 Å². The van der Waals surface area contributed by atoms with Crippen LogP contribution < -0.4 is 20.7 Å². The Hall–Kier alpha value is -3.35. The third-order valence-electron chi connectivity index (χ3n) is 4.10. The van der Waals surface area contributed by atoms with Gasteiger partial charge in [0.15, 0.2) is 0 Å². The van der Waals surface area contributed by atoms with Gasteiger partial charge >= 0.3 is 0 Å². The number of rotatable bonds is 8. The van der Waals surface area contributed by atoms with E-state index in [2.05, 4.69) is 16.0 Å². The van der Waals surface area contributed by atoms with Crippen LogP contribution in [0.2, 0.25) is 0 Å². The van der Waals surface area contributed by atoms with Crippen molar-refractivity contribution >= 4 is 23.4 Å². The van der Waals surface area contributed by atoms with Gasteiger partial charge in [0.1, 0.15) is 5.75 Å². The molecule has 7 nitrogen and oxygen atoms in total. The maximum Gasteiger partial charge on any atom is 0.251 e. The molecular weight excluding hydrogens is 358 g/mol. The molecule has 0 unspecified atom stereocenters. The molecule has 0 radical (unpaired) electrons. The normalized spacial score (nSPS) is 10.1. The van der Waals surface area contributed by atoms with Crippen LogP contribution in [-0.4, -0.2) is 37.9 Å². The van der Waals surface area contributed by atoms with Gasteiger partial charge in [-0.2, -0.15) is 0 Å². The van der Waals surface area contributed by atoms with Gasteiger partial charge in [0.2, 0.25) is 11.8 Å². The standard InChI is InChI=1S/C21H25N3O4/c1-14-8-9-18(28-3)17(12-14)24-20(26)13-23-19(25)10-11-22-21(27)16-7-5-4-6-15(16)2/h4-9,12H,10-11,13H2,1-3H3,(H,22,27)(H,23,25)(H,24,26). The fourth-order valence-electron chi connectivity index (χ4n) is 2.59. The minimum absolute atomic E-state index is 0.0820. The Morgan fingerprint density at radius 2 is 1.71 bits per heavy atom. The molecule has 28 heavy (non-hydrogen) atoms. The number of benzene rings is 2. The number of carbonyl (C=O) groups excluding carboxylic acids is 3. The molecule has 0 heterocycles. The lowest BCUT2D eigenvalue weighted by atomic mass is 10.1. The molecule has 3 amide bonds. The Morgan fingerprint density at radius 3 is 2.43 bits per heavy atom. The van der Waals surface area contributed by atoms with Crippen molar-refractivity contribution in [3.63, 3.8) is 0 Å². The van der Waals surface area contributed by atoms with E-state index in [4.69, 9.17) is 4.74 Å². The van der Waals surface area contributed by atoms with Gasteiger partial charge in [-0.25, -0.2) is 0 Å². The van der Waals surface area contributed by atoms with Crippen LogP contribution in [0.15, 0.2) is 42.5 Å². The van der Waals surface area contributed by atoms with Gasteiger partial charge in [0.05, 0.1) is 19.3 Å². The summed E-state index contributed by atoms with van der Waals surface area (Å²) >= 11 is 0. The molecule has 0 atom stereocenters. The summed E-state index contributed by atoms with van der Waals surface area (Å²) < 4.78 is 5.20. The van der Waals surface area contributed by atoms with Crippen LogP contribution in [0.1, 0.15) is 27.9 Å². The molecular formula is C21H25N3O4. The van der Waals surface area contributed by atoms with E-state index < -0.39 is 0 Å². The Labute approximate surface area is 164 Å². The van der Waals surface area contributed by atoms with Crippen LogP contribution >= 0.6 is 0 Å². The molecule has 148 valence electrons. The van der Waals surface area contributed by atoms with Crippen molar-refractivity contribution in [1.29, 1.82) is 0 Å². The number of hydrogen-bond donors (Lipinski definition) is 3. The molecule has 2 aromatic carbocycles. The Bertz CT molecular complexity index is 864. The number of methoxy groups -OCH3 is 1. The van der Waals surface area contributed by atoms with Crippen LogP contribution in [0.4, 0.5) is 5.69 Å². The number of ether oxygens (including phenoxy) is 1. The lowest BCUT2D eigenvalue weighted by Crippen LogP contribution is -2.35. The highest BCUT2D eigenvalue weighted by molar-refractivity contribution is 5.97. The second-order valence-corrected chi connectivity index (χ2v) is 6.35. The SMILES string of the molecule is COc1ccc(C)cc1NC(=O)CNC(=O)CCNC(=O)c1ccccc1C. The van der Waals surface area contributed by atoms with E-state index in [0.29, 0.717) is 17.0 Å². The van der Waals surface area contributed by atoms with Gasteiger partial charge in [-0.05, 0) is 43.2 Å². The lowest BCUT2D eigenvalue weighted by molar-refractivity contribution is -0.124. The molecule has 0 bridgehead atoms. The van der Waals surface area contributed by atoms with Crippen molar-refractivity contribution in [2.45, 2.75) is 20.3 Å². The minimum atomic E-state index is -0.360. The predicted octanol–water partition coefficient (Wildman–Crippen LogP) is 2.19. The summed E-state index contributed by atoms with van der Waals surface area (Å²) in [7, 11) is 1.52. The third-order valence-corrected chi connectivity index (χ3v) is 4.10. The van der Waals surface area contributed by atoms with E-state index in [1.165, 1.54) is 7.11 Å². The highest BCUT2D eigenvalue weighted by Gasteiger charge is 2.11. The third kappa shape index (κ3) is 6.12. The average Bonchev–Trinajstić information content (AvgIpc) is 2.67. The summed E-state index contributed by atoms with van der Waals surface area (Å²) in [4.78, 5) is 36.0. The molecule has 2 aromatic rings. The van der Waals surface area contributed by atoms with Crippen LogP contribution in [0, 0.1) is 13.8 Å². The Kier molecular flexibility index (Phi) is 7.56. The van der Waals surface area contributed by atoms with Crippen molar-refractivity contribution in [3.8, 4) is 5.75 Å².